The molecule has 2 aromatic rings. The van der Waals surface area contributed by atoms with E-state index in [1.54, 1.807) is 34.6 Å². The van der Waals surface area contributed by atoms with Gasteiger partial charge in [0.1, 0.15) is 35.8 Å². The summed E-state index contributed by atoms with van der Waals surface area (Å²) < 4.78 is 10.3. The SMILES string of the molecule is COC(=O)[C@H](Cc1ccccc1)NC(=O)[C@@H](Cc1ccccc1)N(C)C(=O)[C@@H](NC(=O)[C@H](CC1CCCCC1)NC(=O)[C@H](CO)NC(=O)OC(C)(C)C)C(C)C. The molecule has 0 aliphatic heterocycles. The summed E-state index contributed by atoms with van der Waals surface area (Å²) in [5.74, 6) is -3.49. The molecule has 14 nitrogen and oxygen atoms in total. The number of nitrogens with zero attached hydrogens (tertiary/aromatic N) is 1. The molecule has 2 aromatic carbocycles. The van der Waals surface area contributed by atoms with Crippen LogP contribution in [0.4, 0.5) is 4.79 Å². The number of hydrogen-bond acceptors (Lipinski definition) is 9. The zero-order chi connectivity index (χ0) is 41.4. The first-order valence-corrected chi connectivity index (χ1v) is 19.5. The molecule has 1 aliphatic carbocycles. The number of esters is 1. The van der Waals surface area contributed by atoms with Gasteiger partial charge in [0.15, 0.2) is 0 Å². The van der Waals surface area contributed by atoms with Crippen molar-refractivity contribution in [2.24, 2.45) is 11.8 Å². The predicted octanol–water partition coefficient (Wildman–Crippen LogP) is 3.44. The highest BCUT2D eigenvalue weighted by atomic mass is 16.6. The number of ether oxygens (including phenoxy) is 2. The quantitative estimate of drug-likeness (QED) is 0.141. The van der Waals surface area contributed by atoms with Crippen molar-refractivity contribution in [3.05, 3.63) is 71.8 Å². The molecule has 0 unspecified atom stereocenters. The minimum absolute atomic E-state index is 0.112. The number of aliphatic hydroxyl groups excluding tert-OH is 1. The molecule has 0 heterocycles. The highest BCUT2D eigenvalue weighted by Gasteiger charge is 2.38. The van der Waals surface area contributed by atoms with E-state index in [-0.39, 0.29) is 25.2 Å². The monoisotopic (exact) mass is 779 g/mol. The van der Waals surface area contributed by atoms with Crippen molar-refractivity contribution < 1.29 is 43.3 Å². The number of nitrogens with one attached hydrogen (secondary N) is 4. The van der Waals surface area contributed by atoms with Gasteiger partial charge < -0.3 is 40.7 Å². The highest BCUT2D eigenvalue weighted by Crippen LogP contribution is 2.28. The molecular formula is C42H61N5O9. The van der Waals surface area contributed by atoms with Crippen molar-refractivity contribution in [2.45, 2.75) is 122 Å². The van der Waals surface area contributed by atoms with E-state index in [1.165, 1.54) is 19.1 Å². The molecule has 0 saturated heterocycles. The summed E-state index contributed by atoms with van der Waals surface area (Å²) in [4.78, 5) is 82.7. The fourth-order valence-corrected chi connectivity index (χ4v) is 6.74. The maximum Gasteiger partial charge on any atom is 0.408 e. The summed E-state index contributed by atoms with van der Waals surface area (Å²) in [6, 6.07) is 12.6. The summed E-state index contributed by atoms with van der Waals surface area (Å²) in [5.41, 5.74) is 0.723. The Labute approximate surface area is 330 Å². The molecule has 5 amide bonds. The van der Waals surface area contributed by atoms with Crippen LogP contribution in [0.15, 0.2) is 60.7 Å². The number of hydrogen-bond donors (Lipinski definition) is 5. The molecule has 308 valence electrons. The molecule has 0 aromatic heterocycles. The molecule has 1 saturated carbocycles. The third-order valence-electron chi connectivity index (χ3n) is 9.82. The van der Waals surface area contributed by atoms with Gasteiger partial charge in [0.2, 0.25) is 23.6 Å². The largest absolute Gasteiger partial charge is 0.467 e. The molecule has 0 spiro atoms. The molecule has 1 aliphatic rings. The van der Waals surface area contributed by atoms with Gasteiger partial charge in [-0.2, -0.15) is 0 Å². The van der Waals surface area contributed by atoms with Gasteiger partial charge in [-0.05, 0) is 50.2 Å². The number of methoxy groups -OCH3 is 1. The minimum atomic E-state index is -1.40. The first-order chi connectivity index (χ1) is 26.5. The lowest BCUT2D eigenvalue weighted by Crippen LogP contribution is -2.61. The van der Waals surface area contributed by atoms with Gasteiger partial charge >= 0.3 is 12.1 Å². The van der Waals surface area contributed by atoms with Crippen molar-refractivity contribution in [1.29, 1.82) is 0 Å². The average molecular weight is 780 g/mol. The standard InChI is InChI=1S/C42H61N5O9/c1-27(2)35(46-36(49)31(23-28-17-11-8-12-18-28)43-37(50)33(26-48)45-41(54)56-42(3,4)5)39(52)47(6)34(25-30-21-15-10-16-22-30)38(51)44-32(40(53)55-7)24-29-19-13-9-14-20-29/h9-10,13-16,19-22,27-28,31-35,48H,8,11-12,17-18,23-26H2,1-7H3,(H,43,50)(H,44,51)(H,45,54)(H,46,49)/t31-,32-,33-,34+,35-/m0/s1. The molecule has 5 atom stereocenters. The maximum atomic E-state index is 14.4. The first-order valence-electron chi connectivity index (χ1n) is 19.5. The van der Waals surface area contributed by atoms with Crippen LogP contribution in [0.3, 0.4) is 0 Å². The van der Waals surface area contributed by atoms with Crippen LogP contribution >= 0.6 is 0 Å². The molecule has 1 fully saturated rings. The van der Waals surface area contributed by atoms with Gasteiger partial charge in [-0.15, -0.1) is 0 Å². The molecule has 0 bridgehead atoms. The second-order valence-electron chi connectivity index (χ2n) is 15.8. The minimum Gasteiger partial charge on any atom is -0.467 e. The van der Waals surface area contributed by atoms with Crippen molar-refractivity contribution in [2.75, 3.05) is 20.8 Å². The predicted molar refractivity (Wildman–Crippen MR) is 211 cm³/mol. The van der Waals surface area contributed by atoms with Crippen LogP contribution in [-0.4, -0.2) is 102 Å². The Bertz CT molecular complexity index is 1590. The number of rotatable bonds is 18. The van der Waals surface area contributed by atoms with Crippen LogP contribution in [0.5, 0.6) is 0 Å². The molecule has 56 heavy (non-hydrogen) atoms. The number of alkyl carbamates (subject to hydrolysis) is 1. The van der Waals surface area contributed by atoms with E-state index in [0.717, 1.165) is 43.2 Å². The number of benzene rings is 2. The molecule has 14 heteroatoms. The van der Waals surface area contributed by atoms with Gasteiger partial charge in [0.05, 0.1) is 13.7 Å². The van der Waals surface area contributed by atoms with E-state index in [1.807, 2.05) is 60.7 Å². The lowest BCUT2D eigenvalue weighted by Gasteiger charge is -2.34. The number of aliphatic hydroxyl groups is 1. The normalized spacial score (nSPS) is 15.9. The maximum absolute atomic E-state index is 14.4. The second-order valence-corrected chi connectivity index (χ2v) is 15.8. The Morgan fingerprint density at radius 2 is 1.29 bits per heavy atom. The topological polar surface area (TPSA) is 192 Å². The van der Waals surface area contributed by atoms with Crippen LogP contribution in [0.25, 0.3) is 0 Å². The van der Waals surface area contributed by atoms with Crippen LogP contribution in [0, 0.1) is 11.8 Å². The molecule has 5 N–H and O–H groups in total. The average Bonchev–Trinajstić information content (AvgIpc) is 3.16. The molecule has 0 radical (unpaired) electrons. The number of carbonyl (C=O) groups excluding carboxylic acids is 6. The lowest BCUT2D eigenvalue weighted by molar-refractivity contribution is -0.147. The van der Waals surface area contributed by atoms with Crippen molar-refractivity contribution in [1.82, 2.24) is 26.2 Å². The lowest BCUT2D eigenvalue weighted by atomic mass is 9.84. The summed E-state index contributed by atoms with van der Waals surface area (Å²) in [6.45, 7) is 7.77. The van der Waals surface area contributed by atoms with Gasteiger partial charge in [0, 0.05) is 19.9 Å². The Kier molecular flexibility index (Phi) is 17.8. The van der Waals surface area contributed by atoms with Crippen molar-refractivity contribution >= 4 is 35.7 Å². The van der Waals surface area contributed by atoms with Crippen LogP contribution in [0.2, 0.25) is 0 Å². The summed E-state index contributed by atoms with van der Waals surface area (Å²) in [6.07, 6.45) is 4.43. The fourth-order valence-electron chi connectivity index (χ4n) is 6.74. The third-order valence-corrected chi connectivity index (χ3v) is 9.82. The van der Waals surface area contributed by atoms with Crippen molar-refractivity contribution in [3.8, 4) is 0 Å². The third kappa shape index (κ3) is 14.6. The van der Waals surface area contributed by atoms with Crippen molar-refractivity contribution in [3.63, 3.8) is 0 Å². The highest BCUT2D eigenvalue weighted by molar-refractivity contribution is 5.96. The summed E-state index contributed by atoms with van der Waals surface area (Å²) in [7, 11) is 2.72. The number of likely N-dealkylation sites (N-methyl/N-ethyl adjacent to an activating group) is 1. The summed E-state index contributed by atoms with van der Waals surface area (Å²) >= 11 is 0. The van der Waals surface area contributed by atoms with E-state index < -0.39 is 84.0 Å². The Morgan fingerprint density at radius 1 is 0.750 bits per heavy atom. The summed E-state index contributed by atoms with van der Waals surface area (Å²) in [5, 5.41) is 20.7. The van der Waals surface area contributed by atoms with Gasteiger partial charge in [-0.1, -0.05) is 107 Å². The van der Waals surface area contributed by atoms with Gasteiger partial charge in [-0.3, -0.25) is 19.2 Å². The van der Waals surface area contributed by atoms with E-state index in [0.29, 0.717) is 0 Å². The zero-order valence-electron chi connectivity index (χ0n) is 33.8. The second kappa shape index (κ2) is 21.9. The fraction of sp³-hybridized carbons (Fsp3) is 0.571. The Morgan fingerprint density at radius 3 is 1.80 bits per heavy atom. The Balaban J connectivity index is 1.87. The zero-order valence-corrected chi connectivity index (χ0v) is 33.8. The van der Waals surface area contributed by atoms with Crippen LogP contribution < -0.4 is 21.3 Å². The molecule has 3 rings (SSSR count). The van der Waals surface area contributed by atoms with Crippen LogP contribution in [-0.2, 0) is 46.3 Å². The van der Waals surface area contributed by atoms with Gasteiger partial charge in [0.25, 0.3) is 0 Å². The van der Waals surface area contributed by atoms with E-state index >= 15 is 0 Å². The smallest absolute Gasteiger partial charge is 0.408 e. The van der Waals surface area contributed by atoms with E-state index in [4.69, 9.17) is 9.47 Å². The Hall–Kier alpha value is -4.98. The molecular weight excluding hydrogens is 718 g/mol. The van der Waals surface area contributed by atoms with Gasteiger partial charge in [-0.25, -0.2) is 9.59 Å². The van der Waals surface area contributed by atoms with E-state index in [2.05, 4.69) is 21.3 Å². The van der Waals surface area contributed by atoms with E-state index in [9.17, 15) is 33.9 Å². The number of amides is 5. The van der Waals surface area contributed by atoms with Crippen LogP contribution in [0.1, 0.15) is 84.3 Å². The number of carbonyl (C=O) groups is 6. The first kappa shape index (κ1) is 45.4.